The van der Waals surface area contributed by atoms with Gasteiger partial charge in [-0.05, 0) is 12.5 Å². The van der Waals surface area contributed by atoms with Gasteiger partial charge in [-0.2, -0.15) is 0 Å². The standard InChI is InChI=1S/C16H21N3O3/c1-12(14-6-4-3-5-7-14)17-15(21)16(22)19-10-8-18(9-11-19)13(2)20/h3-7,12H,8-11H2,1-2H3,(H,17,21). The molecule has 0 saturated carbocycles. The molecule has 0 bridgehead atoms. The molecule has 0 spiro atoms. The van der Waals surface area contributed by atoms with E-state index in [9.17, 15) is 14.4 Å². The molecule has 1 fully saturated rings. The lowest BCUT2D eigenvalue weighted by molar-refractivity contribution is -0.148. The predicted molar refractivity (Wildman–Crippen MR) is 81.8 cm³/mol. The van der Waals surface area contributed by atoms with Gasteiger partial charge in [0.1, 0.15) is 0 Å². The van der Waals surface area contributed by atoms with Crippen molar-refractivity contribution in [2.45, 2.75) is 19.9 Å². The van der Waals surface area contributed by atoms with Crippen molar-refractivity contribution in [3.8, 4) is 0 Å². The van der Waals surface area contributed by atoms with Crippen LogP contribution in [0, 0.1) is 0 Å². The van der Waals surface area contributed by atoms with Crippen molar-refractivity contribution < 1.29 is 14.4 Å². The number of carbonyl (C=O) groups excluding carboxylic acids is 3. The average molecular weight is 303 g/mol. The second kappa shape index (κ2) is 7.06. The van der Waals surface area contributed by atoms with Crippen molar-refractivity contribution in [3.63, 3.8) is 0 Å². The molecule has 1 aromatic rings. The Kier molecular flexibility index (Phi) is 5.14. The molecule has 1 unspecified atom stereocenters. The largest absolute Gasteiger partial charge is 0.341 e. The molecule has 3 amide bonds. The second-order valence-electron chi connectivity index (χ2n) is 5.40. The van der Waals surface area contributed by atoms with Crippen LogP contribution in [0.2, 0.25) is 0 Å². The third-order valence-corrected chi connectivity index (χ3v) is 3.85. The van der Waals surface area contributed by atoms with Crippen LogP contribution in [0.25, 0.3) is 0 Å². The van der Waals surface area contributed by atoms with E-state index in [1.54, 1.807) is 4.90 Å². The minimum Gasteiger partial charge on any atom is -0.341 e. The van der Waals surface area contributed by atoms with E-state index < -0.39 is 11.8 Å². The van der Waals surface area contributed by atoms with Gasteiger partial charge < -0.3 is 15.1 Å². The summed E-state index contributed by atoms with van der Waals surface area (Å²) in [7, 11) is 0. The zero-order chi connectivity index (χ0) is 16.1. The van der Waals surface area contributed by atoms with Gasteiger partial charge in [-0.15, -0.1) is 0 Å². The minimum atomic E-state index is -0.604. The van der Waals surface area contributed by atoms with Crippen molar-refractivity contribution in [1.29, 1.82) is 0 Å². The Morgan fingerprint density at radius 2 is 1.55 bits per heavy atom. The first-order valence-corrected chi connectivity index (χ1v) is 7.39. The van der Waals surface area contributed by atoms with Gasteiger partial charge in [0, 0.05) is 33.1 Å². The molecule has 118 valence electrons. The smallest absolute Gasteiger partial charge is 0.312 e. The number of hydrogen-bond acceptors (Lipinski definition) is 3. The lowest BCUT2D eigenvalue weighted by Crippen LogP contribution is -2.53. The van der Waals surface area contributed by atoms with Gasteiger partial charge in [0.05, 0.1) is 6.04 Å². The van der Waals surface area contributed by atoms with Gasteiger partial charge in [-0.1, -0.05) is 30.3 Å². The highest BCUT2D eigenvalue weighted by Gasteiger charge is 2.27. The van der Waals surface area contributed by atoms with Crippen LogP contribution in [0.1, 0.15) is 25.5 Å². The number of benzene rings is 1. The molecule has 1 aliphatic rings. The van der Waals surface area contributed by atoms with Gasteiger partial charge in [-0.3, -0.25) is 14.4 Å². The summed E-state index contributed by atoms with van der Waals surface area (Å²) >= 11 is 0. The Bertz CT molecular complexity index is 551. The molecule has 22 heavy (non-hydrogen) atoms. The molecule has 1 atom stereocenters. The molecule has 0 aliphatic carbocycles. The van der Waals surface area contributed by atoms with Crippen molar-refractivity contribution in [3.05, 3.63) is 35.9 Å². The zero-order valence-corrected chi connectivity index (χ0v) is 12.9. The van der Waals surface area contributed by atoms with Crippen LogP contribution in [-0.4, -0.2) is 53.7 Å². The highest BCUT2D eigenvalue weighted by Crippen LogP contribution is 2.11. The quantitative estimate of drug-likeness (QED) is 0.811. The van der Waals surface area contributed by atoms with Crippen LogP contribution in [0.4, 0.5) is 0 Å². The molecule has 6 heteroatoms. The Labute approximate surface area is 130 Å². The van der Waals surface area contributed by atoms with E-state index in [1.807, 2.05) is 37.3 Å². The number of piperazine rings is 1. The first kappa shape index (κ1) is 16.0. The Hall–Kier alpha value is -2.37. The fourth-order valence-corrected chi connectivity index (χ4v) is 2.45. The lowest BCUT2D eigenvalue weighted by atomic mass is 10.1. The van der Waals surface area contributed by atoms with E-state index in [-0.39, 0.29) is 11.9 Å². The molecule has 1 saturated heterocycles. The third-order valence-electron chi connectivity index (χ3n) is 3.85. The predicted octanol–water partition coefficient (Wildman–Crippen LogP) is 0.554. The molecular formula is C16H21N3O3. The third kappa shape index (κ3) is 3.84. The SMILES string of the molecule is CC(=O)N1CCN(C(=O)C(=O)NC(C)c2ccccc2)CC1. The second-order valence-corrected chi connectivity index (χ2v) is 5.40. The summed E-state index contributed by atoms with van der Waals surface area (Å²) in [6.07, 6.45) is 0. The van der Waals surface area contributed by atoms with Crippen LogP contribution in [0.5, 0.6) is 0 Å². The van der Waals surface area contributed by atoms with Gasteiger partial charge in [-0.25, -0.2) is 0 Å². The molecule has 1 aromatic carbocycles. The number of rotatable bonds is 2. The summed E-state index contributed by atoms with van der Waals surface area (Å²) in [6, 6.07) is 9.26. The van der Waals surface area contributed by atoms with E-state index in [2.05, 4.69) is 5.32 Å². The highest BCUT2D eigenvalue weighted by atomic mass is 16.2. The van der Waals surface area contributed by atoms with E-state index in [0.29, 0.717) is 26.2 Å². The highest BCUT2D eigenvalue weighted by molar-refractivity contribution is 6.35. The summed E-state index contributed by atoms with van der Waals surface area (Å²) in [5, 5.41) is 2.72. The molecule has 6 nitrogen and oxygen atoms in total. The Balaban J connectivity index is 1.88. The zero-order valence-electron chi connectivity index (χ0n) is 12.9. The number of hydrogen-bond donors (Lipinski definition) is 1. The fourth-order valence-electron chi connectivity index (χ4n) is 2.45. The summed E-state index contributed by atoms with van der Waals surface area (Å²) in [5.74, 6) is -1.15. The van der Waals surface area contributed by atoms with Gasteiger partial charge in [0.15, 0.2) is 0 Å². The minimum absolute atomic E-state index is 0.00532. The lowest BCUT2D eigenvalue weighted by Gasteiger charge is -2.33. The Morgan fingerprint density at radius 3 is 2.09 bits per heavy atom. The van der Waals surface area contributed by atoms with Crippen LogP contribution in [0.15, 0.2) is 30.3 Å². The summed E-state index contributed by atoms with van der Waals surface area (Å²) in [5.41, 5.74) is 0.949. The summed E-state index contributed by atoms with van der Waals surface area (Å²) in [4.78, 5) is 38.6. The van der Waals surface area contributed by atoms with Gasteiger partial charge >= 0.3 is 11.8 Å². The van der Waals surface area contributed by atoms with Gasteiger partial charge in [0.25, 0.3) is 0 Å². The van der Waals surface area contributed by atoms with E-state index in [0.717, 1.165) is 5.56 Å². The number of nitrogens with zero attached hydrogens (tertiary/aromatic N) is 2. The first-order valence-electron chi connectivity index (χ1n) is 7.39. The Morgan fingerprint density at radius 1 is 1.00 bits per heavy atom. The monoisotopic (exact) mass is 303 g/mol. The molecular weight excluding hydrogens is 282 g/mol. The van der Waals surface area contributed by atoms with Gasteiger partial charge in [0.2, 0.25) is 5.91 Å². The summed E-state index contributed by atoms with van der Waals surface area (Å²) < 4.78 is 0. The maximum Gasteiger partial charge on any atom is 0.312 e. The molecule has 0 radical (unpaired) electrons. The van der Waals surface area contributed by atoms with E-state index in [4.69, 9.17) is 0 Å². The fraction of sp³-hybridized carbons (Fsp3) is 0.438. The van der Waals surface area contributed by atoms with E-state index >= 15 is 0 Å². The van der Waals surface area contributed by atoms with Crippen LogP contribution >= 0.6 is 0 Å². The first-order chi connectivity index (χ1) is 10.5. The van der Waals surface area contributed by atoms with Crippen LogP contribution in [-0.2, 0) is 14.4 Å². The number of amides is 3. The molecule has 1 N–H and O–H groups in total. The van der Waals surface area contributed by atoms with Crippen molar-refractivity contribution in [1.82, 2.24) is 15.1 Å². The number of carbonyl (C=O) groups is 3. The van der Waals surface area contributed by atoms with Crippen molar-refractivity contribution in [2.24, 2.45) is 0 Å². The molecule has 1 heterocycles. The maximum absolute atomic E-state index is 12.2. The topological polar surface area (TPSA) is 69.7 Å². The molecule has 1 aliphatic heterocycles. The van der Waals surface area contributed by atoms with E-state index in [1.165, 1.54) is 11.8 Å². The number of nitrogens with one attached hydrogen (secondary N) is 1. The normalized spacial score (nSPS) is 16.1. The average Bonchev–Trinajstić information content (AvgIpc) is 2.55. The van der Waals surface area contributed by atoms with Crippen LogP contribution < -0.4 is 5.32 Å². The molecule has 2 rings (SSSR count). The summed E-state index contributed by atoms with van der Waals surface area (Å²) in [6.45, 7) is 5.09. The van der Waals surface area contributed by atoms with Crippen LogP contribution in [0.3, 0.4) is 0 Å². The van der Waals surface area contributed by atoms with Crippen molar-refractivity contribution >= 4 is 17.7 Å². The maximum atomic E-state index is 12.2. The van der Waals surface area contributed by atoms with Crippen molar-refractivity contribution in [2.75, 3.05) is 26.2 Å². The molecule has 0 aromatic heterocycles.